The smallest absolute Gasteiger partial charge is 0.00489 e. The SMILES string of the molecule is CCCC(CC)[C@@H](C)CN. The summed E-state index contributed by atoms with van der Waals surface area (Å²) in [5.41, 5.74) is 5.58. The largest absolute Gasteiger partial charge is 0.330 e. The van der Waals surface area contributed by atoms with Gasteiger partial charge in [-0.2, -0.15) is 0 Å². The minimum atomic E-state index is 0.713. The fourth-order valence-corrected chi connectivity index (χ4v) is 1.45. The third-order valence-corrected chi connectivity index (χ3v) is 2.36. The van der Waals surface area contributed by atoms with Crippen LogP contribution < -0.4 is 5.73 Å². The summed E-state index contributed by atoms with van der Waals surface area (Å²) in [5, 5.41) is 0. The summed E-state index contributed by atoms with van der Waals surface area (Å²) in [4.78, 5) is 0. The van der Waals surface area contributed by atoms with E-state index in [9.17, 15) is 0 Å². The molecule has 0 amide bonds. The average Bonchev–Trinajstić information content (AvgIpc) is 1.99. The Hall–Kier alpha value is -0.0400. The van der Waals surface area contributed by atoms with E-state index in [1.54, 1.807) is 0 Å². The van der Waals surface area contributed by atoms with Gasteiger partial charge in [0.25, 0.3) is 0 Å². The zero-order valence-electron chi connectivity index (χ0n) is 7.56. The van der Waals surface area contributed by atoms with Crippen LogP contribution in [0.15, 0.2) is 0 Å². The molecule has 0 bridgehead atoms. The molecule has 2 N–H and O–H groups in total. The Labute approximate surface area is 65.0 Å². The van der Waals surface area contributed by atoms with Gasteiger partial charge in [-0.1, -0.05) is 40.0 Å². The van der Waals surface area contributed by atoms with Gasteiger partial charge in [-0.3, -0.25) is 0 Å². The van der Waals surface area contributed by atoms with Crippen molar-refractivity contribution >= 4 is 0 Å². The maximum absolute atomic E-state index is 5.58. The molecule has 0 aliphatic carbocycles. The summed E-state index contributed by atoms with van der Waals surface area (Å²) in [7, 11) is 0. The molecule has 10 heavy (non-hydrogen) atoms. The van der Waals surface area contributed by atoms with Crippen LogP contribution in [0.4, 0.5) is 0 Å². The molecule has 2 atom stereocenters. The minimum absolute atomic E-state index is 0.713. The molecule has 1 heteroatoms. The van der Waals surface area contributed by atoms with Crippen LogP contribution in [-0.4, -0.2) is 6.54 Å². The van der Waals surface area contributed by atoms with E-state index < -0.39 is 0 Å². The van der Waals surface area contributed by atoms with Gasteiger partial charge in [0.15, 0.2) is 0 Å². The van der Waals surface area contributed by atoms with E-state index in [0.29, 0.717) is 5.92 Å². The third kappa shape index (κ3) is 3.21. The van der Waals surface area contributed by atoms with E-state index in [4.69, 9.17) is 5.73 Å². The average molecular weight is 143 g/mol. The van der Waals surface area contributed by atoms with Crippen molar-refractivity contribution in [2.24, 2.45) is 17.6 Å². The van der Waals surface area contributed by atoms with Crippen molar-refractivity contribution in [1.29, 1.82) is 0 Å². The molecule has 1 nitrogen and oxygen atoms in total. The molecule has 0 rings (SSSR count). The molecule has 0 spiro atoms. The van der Waals surface area contributed by atoms with Crippen LogP contribution in [0.3, 0.4) is 0 Å². The van der Waals surface area contributed by atoms with E-state index in [0.717, 1.165) is 12.5 Å². The Morgan fingerprint density at radius 3 is 2.20 bits per heavy atom. The van der Waals surface area contributed by atoms with Crippen molar-refractivity contribution < 1.29 is 0 Å². The van der Waals surface area contributed by atoms with Crippen molar-refractivity contribution in [3.8, 4) is 0 Å². The predicted molar refractivity (Wildman–Crippen MR) is 46.9 cm³/mol. The monoisotopic (exact) mass is 143 g/mol. The maximum atomic E-state index is 5.58. The highest BCUT2D eigenvalue weighted by atomic mass is 14.5. The molecule has 0 radical (unpaired) electrons. The number of hydrogen-bond acceptors (Lipinski definition) is 1. The molecule has 0 saturated heterocycles. The third-order valence-electron chi connectivity index (χ3n) is 2.36. The molecule has 0 fully saturated rings. The lowest BCUT2D eigenvalue weighted by Gasteiger charge is -2.19. The maximum Gasteiger partial charge on any atom is -0.00489 e. The highest BCUT2D eigenvalue weighted by Crippen LogP contribution is 2.19. The molecule has 62 valence electrons. The van der Waals surface area contributed by atoms with Crippen LogP contribution in [0.1, 0.15) is 40.0 Å². The highest BCUT2D eigenvalue weighted by molar-refractivity contribution is 4.64. The van der Waals surface area contributed by atoms with Crippen LogP contribution in [0.2, 0.25) is 0 Å². The van der Waals surface area contributed by atoms with E-state index in [-0.39, 0.29) is 0 Å². The van der Waals surface area contributed by atoms with Crippen molar-refractivity contribution in [3.05, 3.63) is 0 Å². The van der Waals surface area contributed by atoms with Crippen molar-refractivity contribution in [2.45, 2.75) is 40.0 Å². The van der Waals surface area contributed by atoms with Crippen molar-refractivity contribution in [3.63, 3.8) is 0 Å². The molecule has 0 aromatic heterocycles. The fraction of sp³-hybridized carbons (Fsp3) is 1.00. The van der Waals surface area contributed by atoms with Gasteiger partial charge in [-0.25, -0.2) is 0 Å². The fourth-order valence-electron chi connectivity index (χ4n) is 1.45. The van der Waals surface area contributed by atoms with Gasteiger partial charge in [-0.05, 0) is 18.4 Å². The lowest BCUT2D eigenvalue weighted by atomic mass is 9.88. The molecule has 0 saturated carbocycles. The van der Waals surface area contributed by atoms with Gasteiger partial charge in [0.05, 0.1) is 0 Å². The second-order valence-corrected chi connectivity index (χ2v) is 3.17. The van der Waals surface area contributed by atoms with Crippen LogP contribution in [0.25, 0.3) is 0 Å². The van der Waals surface area contributed by atoms with Crippen molar-refractivity contribution in [1.82, 2.24) is 0 Å². The number of nitrogens with two attached hydrogens (primary N) is 1. The van der Waals surface area contributed by atoms with E-state index >= 15 is 0 Å². The Balaban J connectivity index is 3.56. The first-order valence-electron chi connectivity index (χ1n) is 4.46. The lowest BCUT2D eigenvalue weighted by molar-refractivity contribution is 0.330. The molecular formula is C9H21N. The quantitative estimate of drug-likeness (QED) is 0.628. The molecule has 0 aromatic carbocycles. The standard InChI is InChI=1S/C9H21N/c1-4-6-9(5-2)8(3)7-10/h8-9H,4-7,10H2,1-3H3/t8-,9?/m0/s1. The summed E-state index contributed by atoms with van der Waals surface area (Å²) in [6.45, 7) is 7.60. The normalized spacial score (nSPS) is 16.8. The molecule has 0 aromatic rings. The predicted octanol–water partition coefficient (Wildman–Crippen LogP) is 2.41. The first-order chi connectivity index (χ1) is 4.76. The molecular weight excluding hydrogens is 122 g/mol. The van der Waals surface area contributed by atoms with Gasteiger partial charge in [0.2, 0.25) is 0 Å². The van der Waals surface area contributed by atoms with Crippen LogP contribution in [-0.2, 0) is 0 Å². The highest BCUT2D eigenvalue weighted by Gasteiger charge is 2.11. The van der Waals surface area contributed by atoms with Crippen molar-refractivity contribution in [2.75, 3.05) is 6.54 Å². The van der Waals surface area contributed by atoms with Crippen LogP contribution >= 0.6 is 0 Å². The minimum Gasteiger partial charge on any atom is -0.330 e. The van der Waals surface area contributed by atoms with E-state index in [2.05, 4.69) is 20.8 Å². The summed E-state index contributed by atoms with van der Waals surface area (Å²) < 4.78 is 0. The van der Waals surface area contributed by atoms with Gasteiger partial charge in [0.1, 0.15) is 0 Å². The summed E-state index contributed by atoms with van der Waals surface area (Å²) in [5.74, 6) is 1.57. The zero-order chi connectivity index (χ0) is 7.98. The summed E-state index contributed by atoms with van der Waals surface area (Å²) in [6.07, 6.45) is 3.92. The van der Waals surface area contributed by atoms with Gasteiger partial charge < -0.3 is 5.73 Å². The summed E-state index contributed by atoms with van der Waals surface area (Å²) in [6, 6.07) is 0. The van der Waals surface area contributed by atoms with Crippen LogP contribution in [0, 0.1) is 11.8 Å². The van der Waals surface area contributed by atoms with Gasteiger partial charge in [-0.15, -0.1) is 0 Å². The molecule has 0 aliphatic rings. The first-order valence-corrected chi connectivity index (χ1v) is 4.46. The van der Waals surface area contributed by atoms with E-state index in [1.165, 1.54) is 19.3 Å². The van der Waals surface area contributed by atoms with Crippen LogP contribution in [0.5, 0.6) is 0 Å². The van der Waals surface area contributed by atoms with E-state index in [1.807, 2.05) is 0 Å². The van der Waals surface area contributed by atoms with Gasteiger partial charge >= 0.3 is 0 Å². The Kier molecular flexibility index (Phi) is 5.70. The number of rotatable bonds is 5. The lowest BCUT2D eigenvalue weighted by Crippen LogP contribution is -2.19. The second-order valence-electron chi connectivity index (χ2n) is 3.17. The summed E-state index contributed by atoms with van der Waals surface area (Å²) >= 11 is 0. The zero-order valence-corrected chi connectivity index (χ0v) is 7.56. The first kappa shape index (κ1) is 9.96. The Morgan fingerprint density at radius 2 is 1.90 bits per heavy atom. The Bertz CT molecular complexity index is 71.1. The van der Waals surface area contributed by atoms with Gasteiger partial charge in [0, 0.05) is 0 Å². The molecule has 0 aliphatic heterocycles. The topological polar surface area (TPSA) is 26.0 Å². The second kappa shape index (κ2) is 5.72. The molecule has 0 heterocycles. The molecule has 1 unspecified atom stereocenters. The Morgan fingerprint density at radius 1 is 1.30 bits per heavy atom. The number of hydrogen-bond donors (Lipinski definition) is 1.